The fraction of sp³-hybridized carbons (Fsp3) is 0.667. The van der Waals surface area contributed by atoms with Crippen molar-refractivity contribution in [2.75, 3.05) is 19.7 Å². The van der Waals surface area contributed by atoms with Gasteiger partial charge in [-0.1, -0.05) is 12.8 Å². The molecule has 1 aliphatic carbocycles. The summed E-state index contributed by atoms with van der Waals surface area (Å²) in [5, 5.41) is 10.5. The first-order chi connectivity index (χ1) is 10.2. The van der Waals surface area contributed by atoms with Crippen molar-refractivity contribution in [2.45, 2.75) is 32.6 Å². The van der Waals surface area contributed by atoms with Gasteiger partial charge in [0.25, 0.3) is 5.91 Å². The molecule has 1 saturated carbocycles. The second-order valence-corrected chi connectivity index (χ2v) is 5.47. The molecule has 1 fully saturated rings. The lowest BCUT2D eigenvalue weighted by Crippen LogP contribution is -2.31. The Kier molecular flexibility index (Phi) is 5.92. The molecule has 1 aliphatic rings. The SMILES string of the molecule is CCNC(=O)c1ccc(OCC2CCCCC2CN)nn1. The summed E-state index contributed by atoms with van der Waals surface area (Å²) in [6.45, 7) is 3.77. The first-order valence-corrected chi connectivity index (χ1v) is 7.69. The number of ether oxygens (including phenoxy) is 1. The lowest BCUT2D eigenvalue weighted by atomic mass is 9.80. The average Bonchev–Trinajstić information content (AvgIpc) is 2.54. The first-order valence-electron chi connectivity index (χ1n) is 7.69. The third-order valence-corrected chi connectivity index (χ3v) is 4.02. The molecule has 0 spiro atoms. The molecule has 21 heavy (non-hydrogen) atoms. The van der Waals surface area contributed by atoms with Crippen LogP contribution in [0.3, 0.4) is 0 Å². The highest BCUT2D eigenvalue weighted by Gasteiger charge is 2.24. The number of rotatable bonds is 6. The van der Waals surface area contributed by atoms with E-state index in [1.807, 2.05) is 6.92 Å². The van der Waals surface area contributed by atoms with Crippen molar-refractivity contribution < 1.29 is 9.53 Å². The number of carbonyl (C=O) groups is 1. The van der Waals surface area contributed by atoms with Crippen LogP contribution in [0.5, 0.6) is 5.88 Å². The second-order valence-electron chi connectivity index (χ2n) is 5.47. The minimum absolute atomic E-state index is 0.216. The monoisotopic (exact) mass is 292 g/mol. The summed E-state index contributed by atoms with van der Waals surface area (Å²) in [7, 11) is 0. The van der Waals surface area contributed by atoms with Crippen LogP contribution in [0.2, 0.25) is 0 Å². The summed E-state index contributed by atoms with van der Waals surface area (Å²) in [4.78, 5) is 11.6. The van der Waals surface area contributed by atoms with Crippen LogP contribution in [0.4, 0.5) is 0 Å². The van der Waals surface area contributed by atoms with Crippen molar-refractivity contribution in [1.29, 1.82) is 0 Å². The molecule has 2 rings (SSSR count). The van der Waals surface area contributed by atoms with Crippen molar-refractivity contribution in [3.63, 3.8) is 0 Å². The third kappa shape index (κ3) is 4.39. The van der Waals surface area contributed by atoms with E-state index in [1.165, 1.54) is 19.3 Å². The Morgan fingerprint density at radius 1 is 1.33 bits per heavy atom. The van der Waals surface area contributed by atoms with Gasteiger partial charge in [0.05, 0.1) is 6.61 Å². The van der Waals surface area contributed by atoms with E-state index in [0.29, 0.717) is 36.6 Å². The second kappa shape index (κ2) is 7.93. The lowest BCUT2D eigenvalue weighted by molar-refractivity contribution is 0.0949. The molecule has 0 aliphatic heterocycles. The molecule has 2 atom stereocenters. The number of nitrogens with one attached hydrogen (secondary N) is 1. The predicted molar refractivity (Wildman–Crippen MR) is 80.0 cm³/mol. The van der Waals surface area contributed by atoms with Crippen LogP contribution >= 0.6 is 0 Å². The third-order valence-electron chi connectivity index (χ3n) is 4.02. The van der Waals surface area contributed by atoms with Gasteiger partial charge in [-0.05, 0) is 44.2 Å². The van der Waals surface area contributed by atoms with Crippen LogP contribution in [-0.2, 0) is 0 Å². The van der Waals surface area contributed by atoms with E-state index in [0.717, 1.165) is 13.0 Å². The summed E-state index contributed by atoms with van der Waals surface area (Å²) in [5.41, 5.74) is 6.12. The Hall–Kier alpha value is -1.69. The largest absolute Gasteiger partial charge is 0.476 e. The summed E-state index contributed by atoms with van der Waals surface area (Å²) in [6.07, 6.45) is 4.85. The van der Waals surface area contributed by atoms with E-state index in [9.17, 15) is 4.79 Å². The van der Waals surface area contributed by atoms with E-state index >= 15 is 0 Å². The van der Waals surface area contributed by atoms with Crippen LogP contribution in [0, 0.1) is 11.8 Å². The Morgan fingerprint density at radius 2 is 2.10 bits per heavy atom. The van der Waals surface area contributed by atoms with Gasteiger partial charge >= 0.3 is 0 Å². The first kappa shape index (κ1) is 15.7. The Bertz CT molecular complexity index is 449. The maximum atomic E-state index is 11.6. The van der Waals surface area contributed by atoms with Crippen molar-refractivity contribution in [3.8, 4) is 5.88 Å². The number of aromatic nitrogens is 2. The molecule has 0 radical (unpaired) electrons. The van der Waals surface area contributed by atoms with E-state index in [-0.39, 0.29) is 5.91 Å². The van der Waals surface area contributed by atoms with Crippen LogP contribution in [-0.4, -0.2) is 35.8 Å². The van der Waals surface area contributed by atoms with Crippen molar-refractivity contribution >= 4 is 5.91 Å². The van der Waals surface area contributed by atoms with E-state index in [1.54, 1.807) is 12.1 Å². The summed E-state index contributed by atoms with van der Waals surface area (Å²) < 4.78 is 5.71. The average molecular weight is 292 g/mol. The summed E-state index contributed by atoms with van der Waals surface area (Å²) in [5.74, 6) is 1.28. The van der Waals surface area contributed by atoms with Crippen molar-refractivity contribution in [3.05, 3.63) is 17.8 Å². The molecule has 0 bridgehead atoms. The van der Waals surface area contributed by atoms with E-state index in [4.69, 9.17) is 10.5 Å². The number of nitrogens with two attached hydrogens (primary N) is 1. The molecule has 1 heterocycles. The van der Waals surface area contributed by atoms with Gasteiger partial charge < -0.3 is 15.8 Å². The van der Waals surface area contributed by atoms with Crippen molar-refractivity contribution in [2.24, 2.45) is 17.6 Å². The molecule has 116 valence electrons. The fourth-order valence-corrected chi connectivity index (χ4v) is 2.78. The topological polar surface area (TPSA) is 90.1 Å². The smallest absolute Gasteiger partial charge is 0.271 e. The molecule has 1 amide bonds. The minimum atomic E-state index is -0.216. The van der Waals surface area contributed by atoms with Crippen LogP contribution in [0.25, 0.3) is 0 Å². The Labute approximate surface area is 125 Å². The lowest BCUT2D eigenvalue weighted by Gasteiger charge is -2.30. The highest BCUT2D eigenvalue weighted by atomic mass is 16.5. The number of hydrogen-bond donors (Lipinski definition) is 2. The minimum Gasteiger partial charge on any atom is -0.476 e. The number of amides is 1. The maximum absolute atomic E-state index is 11.6. The predicted octanol–water partition coefficient (Wildman–Crippen LogP) is 1.37. The molecular weight excluding hydrogens is 268 g/mol. The van der Waals surface area contributed by atoms with E-state index in [2.05, 4.69) is 15.5 Å². The van der Waals surface area contributed by atoms with Crippen molar-refractivity contribution in [1.82, 2.24) is 15.5 Å². The zero-order valence-corrected chi connectivity index (χ0v) is 12.5. The van der Waals surface area contributed by atoms with E-state index < -0.39 is 0 Å². The highest BCUT2D eigenvalue weighted by Crippen LogP contribution is 2.29. The zero-order valence-electron chi connectivity index (χ0n) is 12.5. The van der Waals surface area contributed by atoms with Crippen LogP contribution in [0.15, 0.2) is 12.1 Å². The molecule has 0 aromatic carbocycles. The van der Waals surface area contributed by atoms with Gasteiger partial charge in [-0.15, -0.1) is 10.2 Å². The van der Waals surface area contributed by atoms with Crippen LogP contribution < -0.4 is 15.8 Å². The summed E-state index contributed by atoms with van der Waals surface area (Å²) in [6, 6.07) is 3.33. The number of nitrogens with zero attached hydrogens (tertiary/aromatic N) is 2. The van der Waals surface area contributed by atoms with Gasteiger partial charge in [0.2, 0.25) is 5.88 Å². The summed E-state index contributed by atoms with van der Waals surface area (Å²) >= 11 is 0. The highest BCUT2D eigenvalue weighted by molar-refractivity contribution is 5.91. The number of carbonyl (C=O) groups excluding carboxylic acids is 1. The molecule has 6 heteroatoms. The quantitative estimate of drug-likeness (QED) is 0.826. The van der Waals surface area contributed by atoms with Gasteiger partial charge in [-0.3, -0.25) is 4.79 Å². The normalized spacial score (nSPS) is 21.8. The Balaban J connectivity index is 1.87. The molecule has 2 unspecified atom stereocenters. The van der Waals surface area contributed by atoms with Gasteiger partial charge in [0, 0.05) is 12.6 Å². The van der Waals surface area contributed by atoms with Crippen LogP contribution in [0.1, 0.15) is 43.1 Å². The molecular formula is C15H24N4O2. The molecule has 1 aromatic heterocycles. The Morgan fingerprint density at radius 3 is 2.71 bits per heavy atom. The standard InChI is InChI=1S/C15H24N4O2/c1-2-17-15(20)13-7-8-14(19-18-13)21-10-12-6-4-3-5-11(12)9-16/h7-8,11-12H,2-6,9-10,16H2,1H3,(H,17,20). The number of hydrogen-bond acceptors (Lipinski definition) is 5. The zero-order chi connectivity index (χ0) is 15.1. The van der Waals surface area contributed by atoms with Gasteiger partial charge in [0.15, 0.2) is 5.69 Å². The molecule has 3 N–H and O–H groups in total. The van der Waals surface area contributed by atoms with Gasteiger partial charge in [-0.25, -0.2) is 0 Å². The molecule has 6 nitrogen and oxygen atoms in total. The maximum Gasteiger partial charge on any atom is 0.271 e. The molecule has 1 aromatic rings. The molecule has 0 saturated heterocycles. The van der Waals surface area contributed by atoms with Gasteiger partial charge in [-0.2, -0.15) is 0 Å². The van der Waals surface area contributed by atoms with Gasteiger partial charge in [0.1, 0.15) is 0 Å². The fourth-order valence-electron chi connectivity index (χ4n) is 2.78.